The van der Waals surface area contributed by atoms with Crippen molar-refractivity contribution in [2.24, 2.45) is 0 Å². The molecule has 0 radical (unpaired) electrons. The zero-order chi connectivity index (χ0) is 11.0. The van der Waals surface area contributed by atoms with E-state index in [1.54, 1.807) is 12.1 Å². The van der Waals surface area contributed by atoms with Crippen molar-refractivity contribution in [3.63, 3.8) is 0 Å². The number of ether oxygens (including phenoxy) is 2. The fraction of sp³-hybridized carbons (Fsp3) is 0.364. The first-order chi connectivity index (χ1) is 7.17. The number of Topliss-reactive ketones (excluding diaryl/α,β-unsaturated/α-hetero) is 1. The minimum absolute atomic E-state index is 0.0570. The van der Waals surface area contributed by atoms with E-state index in [9.17, 15) is 9.90 Å². The molecule has 1 atom stereocenters. The monoisotopic (exact) mass is 208 g/mol. The molecule has 0 fully saturated rings. The number of aliphatic hydroxyl groups is 1. The molecule has 1 aliphatic carbocycles. The smallest absolute Gasteiger partial charge is 0.166 e. The molecule has 0 spiro atoms. The van der Waals surface area contributed by atoms with Crippen molar-refractivity contribution < 1.29 is 19.4 Å². The Morgan fingerprint density at radius 3 is 2.47 bits per heavy atom. The van der Waals surface area contributed by atoms with Crippen LogP contribution in [0.25, 0.3) is 0 Å². The maximum absolute atomic E-state index is 11.5. The molecule has 1 N–H and O–H groups in total. The van der Waals surface area contributed by atoms with Gasteiger partial charge in [-0.1, -0.05) is 0 Å². The van der Waals surface area contributed by atoms with Gasteiger partial charge in [-0.15, -0.1) is 0 Å². The average molecular weight is 208 g/mol. The van der Waals surface area contributed by atoms with Gasteiger partial charge in [-0.3, -0.25) is 4.79 Å². The maximum Gasteiger partial charge on any atom is 0.166 e. The summed E-state index contributed by atoms with van der Waals surface area (Å²) >= 11 is 0. The van der Waals surface area contributed by atoms with Crippen LogP contribution in [0.4, 0.5) is 0 Å². The molecule has 0 saturated carbocycles. The summed E-state index contributed by atoms with van der Waals surface area (Å²) in [6.07, 6.45) is -0.571. The van der Waals surface area contributed by atoms with E-state index in [0.717, 1.165) is 0 Å². The lowest BCUT2D eigenvalue weighted by Gasteiger charge is -2.10. The van der Waals surface area contributed by atoms with Crippen LogP contribution in [0.2, 0.25) is 0 Å². The molecule has 0 aliphatic heterocycles. The van der Waals surface area contributed by atoms with Gasteiger partial charge in [0.15, 0.2) is 17.3 Å². The number of fused-ring (bicyclic) bond motifs is 1. The van der Waals surface area contributed by atoms with Crippen molar-refractivity contribution in [1.82, 2.24) is 0 Å². The molecule has 2 rings (SSSR count). The molecule has 1 unspecified atom stereocenters. The summed E-state index contributed by atoms with van der Waals surface area (Å²) in [5.74, 6) is 0.988. The van der Waals surface area contributed by atoms with Gasteiger partial charge >= 0.3 is 0 Å². The summed E-state index contributed by atoms with van der Waals surface area (Å²) in [4.78, 5) is 11.5. The second-order valence-electron chi connectivity index (χ2n) is 3.44. The number of carbonyl (C=O) groups is 1. The van der Waals surface area contributed by atoms with Crippen LogP contribution in [-0.2, 0) is 0 Å². The Labute approximate surface area is 87.4 Å². The van der Waals surface area contributed by atoms with Crippen molar-refractivity contribution in [1.29, 1.82) is 0 Å². The molecule has 0 saturated heterocycles. The lowest BCUT2D eigenvalue weighted by atomic mass is 10.1. The zero-order valence-electron chi connectivity index (χ0n) is 8.61. The van der Waals surface area contributed by atoms with Crippen LogP contribution in [-0.4, -0.2) is 25.1 Å². The Balaban J connectivity index is 2.58. The number of rotatable bonds is 2. The highest BCUT2D eigenvalue weighted by atomic mass is 16.5. The minimum atomic E-state index is -0.715. The zero-order valence-corrected chi connectivity index (χ0v) is 8.61. The van der Waals surface area contributed by atoms with E-state index < -0.39 is 6.10 Å². The summed E-state index contributed by atoms with van der Waals surface area (Å²) in [5, 5.41) is 9.62. The van der Waals surface area contributed by atoms with Gasteiger partial charge in [0.2, 0.25) is 0 Å². The van der Waals surface area contributed by atoms with Crippen LogP contribution in [0, 0.1) is 0 Å². The van der Waals surface area contributed by atoms with Crippen LogP contribution in [0.15, 0.2) is 12.1 Å². The minimum Gasteiger partial charge on any atom is -0.493 e. The molecule has 0 aromatic heterocycles. The van der Waals surface area contributed by atoms with Gasteiger partial charge in [-0.2, -0.15) is 0 Å². The quantitative estimate of drug-likeness (QED) is 0.796. The van der Waals surface area contributed by atoms with Crippen molar-refractivity contribution in [2.75, 3.05) is 14.2 Å². The van der Waals surface area contributed by atoms with Gasteiger partial charge in [0.1, 0.15) is 0 Å². The number of aliphatic hydroxyl groups excluding tert-OH is 1. The van der Waals surface area contributed by atoms with Gasteiger partial charge in [0.25, 0.3) is 0 Å². The van der Waals surface area contributed by atoms with Crippen LogP contribution >= 0.6 is 0 Å². The second kappa shape index (κ2) is 3.55. The maximum atomic E-state index is 11.5. The lowest BCUT2D eigenvalue weighted by molar-refractivity contribution is 0.0930. The number of hydrogen-bond donors (Lipinski definition) is 1. The molecular weight excluding hydrogens is 196 g/mol. The fourth-order valence-corrected chi connectivity index (χ4v) is 1.81. The van der Waals surface area contributed by atoms with Gasteiger partial charge < -0.3 is 14.6 Å². The fourth-order valence-electron chi connectivity index (χ4n) is 1.81. The summed E-state index contributed by atoms with van der Waals surface area (Å²) < 4.78 is 10.2. The van der Waals surface area contributed by atoms with Crippen molar-refractivity contribution in [3.05, 3.63) is 23.3 Å². The predicted octanol–water partition coefficient (Wildman–Crippen LogP) is 1.32. The lowest BCUT2D eigenvalue weighted by Crippen LogP contribution is -1.96. The Bertz CT molecular complexity index is 411. The third kappa shape index (κ3) is 1.47. The first kappa shape index (κ1) is 9.98. The Kier molecular flexibility index (Phi) is 2.36. The molecule has 0 heterocycles. The van der Waals surface area contributed by atoms with E-state index in [1.807, 2.05) is 0 Å². The highest BCUT2D eigenvalue weighted by Gasteiger charge is 2.29. The summed E-state index contributed by atoms with van der Waals surface area (Å²) in [6, 6.07) is 3.27. The number of ketones is 1. The average Bonchev–Trinajstić information content (AvgIpc) is 2.52. The molecule has 0 amide bonds. The van der Waals surface area contributed by atoms with E-state index in [1.165, 1.54) is 14.2 Å². The van der Waals surface area contributed by atoms with Crippen LogP contribution < -0.4 is 9.47 Å². The predicted molar refractivity (Wildman–Crippen MR) is 53.5 cm³/mol. The number of benzene rings is 1. The van der Waals surface area contributed by atoms with Gasteiger partial charge in [0.05, 0.1) is 20.3 Å². The molecule has 0 bridgehead atoms. The topological polar surface area (TPSA) is 55.8 Å². The first-order valence-electron chi connectivity index (χ1n) is 4.64. The third-order valence-electron chi connectivity index (χ3n) is 2.59. The summed E-state index contributed by atoms with van der Waals surface area (Å²) in [6.45, 7) is 0. The molecule has 1 aromatic carbocycles. The standard InChI is InChI=1S/C11H12O4/c1-14-10-3-6-7(4-11(10)15-2)9(13)5-8(6)12/h3-4,8,12H,5H2,1-2H3. The number of hydrogen-bond acceptors (Lipinski definition) is 4. The van der Waals surface area contributed by atoms with E-state index in [4.69, 9.17) is 9.47 Å². The van der Waals surface area contributed by atoms with Crippen molar-refractivity contribution in [3.8, 4) is 11.5 Å². The summed E-state index contributed by atoms with van der Waals surface area (Å²) in [5.41, 5.74) is 1.15. The highest BCUT2D eigenvalue weighted by Crippen LogP contribution is 2.38. The summed E-state index contributed by atoms with van der Waals surface area (Å²) in [7, 11) is 3.04. The highest BCUT2D eigenvalue weighted by molar-refractivity contribution is 6.01. The normalized spacial score (nSPS) is 18.9. The van der Waals surface area contributed by atoms with E-state index in [0.29, 0.717) is 22.6 Å². The van der Waals surface area contributed by atoms with Crippen molar-refractivity contribution in [2.45, 2.75) is 12.5 Å². The van der Waals surface area contributed by atoms with Gasteiger partial charge in [-0.25, -0.2) is 0 Å². The Hall–Kier alpha value is -1.55. The van der Waals surface area contributed by atoms with Gasteiger partial charge in [-0.05, 0) is 17.7 Å². The molecule has 1 aliphatic rings. The van der Waals surface area contributed by atoms with Crippen LogP contribution in [0.3, 0.4) is 0 Å². The van der Waals surface area contributed by atoms with E-state index in [-0.39, 0.29) is 12.2 Å². The molecular formula is C11H12O4. The number of carbonyl (C=O) groups excluding carboxylic acids is 1. The van der Waals surface area contributed by atoms with Crippen LogP contribution in [0.1, 0.15) is 28.4 Å². The Morgan fingerprint density at radius 2 is 1.87 bits per heavy atom. The van der Waals surface area contributed by atoms with E-state index >= 15 is 0 Å². The molecule has 4 heteroatoms. The first-order valence-corrected chi connectivity index (χ1v) is 4.64. The Morgan fingerprint density at radius 1 is 1.27 bits per heavy atom. The molecule has 15 heavy (non-hydrogen) atoms. The SMILES string of the molecule is COc1cc2c(cc1OC)C(O)CC2=O. The molecule has 4 nitrogen and oxygen atoms in total. The van der Waals surface area contributed by atoms with Crippen LogP contribution in [0.5, 0.6) is 11.5 Å². The third-order valence-corrected chi connectivity index (χ3v) is 2.59. The molecule has 1 aromatic rings. The largest absolute Gasteiger partial charge is 0.493 e. The number of methoxy groups -OCH3 is 2. The molecule has 80 valence electrons. The van der Waals surface area contributed by atoms with Crippen molar-refractivity contribution >= 4 is 5.78 Å². The van der Waals surface area contributed by atoms with E-state index in [2.05, 4.69) is 0 Å². The van der Waals surface area contributed by atoms with Gasteiger partial charge in [0, 0.05) is 12.0 Å². The second-order valence-corrected chi connectivity index (χ2v) is 3.44.